The van der Waals surface area contributed by atoms with Crippen molar-refractivity contribution in [1.82, 2.24) is 19.9 Å². The first-order valence-electron chi connectivity index (χ1n) is 5.68. The SMILES string of the molecule is COC(=O)C1CCCN1Cc1nc(N)nc(N)n1. The minimum Gasteiger partial charge on any atom is -0.468 e. The smallest absolute Gasteiger partial charge is 0.323 e. The Morgan fingerprint density at radius 1 is 1.39 bits per heavy atom. The first-order chi connectivity index (χ1) is 8.60. The molecule has 0 amide bonds. The van der Waals surface area contributed by atoms with Crippen molar-refractivity contribution in [3.05, 3.63) is 5.82 Å². The van der Waals surface area contributed by atoms with Crippen molar-refractivity contribution in [3.8, 4) is 0 Å². The van der Waals surface area contributed by atoms with Crippen LogP contribution in [-0.2, 0) is 16.1 Å². The number of esters is 1. The molecule has 1 aliphatic rings. The first kappa shape index (κ1) is 12.5. The molecule has 8 heteroatoms. The quantitative estimate of drug-likeness (QED) is 0.669. The van der Waals surface area contributed by atoms with Gasteiger partial charge in [0, 0.05) is 0 Å². The van der Waals surface area contributed by atoms with Crippen LogP contribution < -0.4 is 11.5 Å². The lowest BCUT2D eigenvalue weighted by Gasteiger charge is -2.21. The van der Waals surface area contributed by atoms with Crippen molar-refractivity contribution in [3.63, 3.8) is 0 Å². The fourth-order valence-electron chi connectivity index (χ4n) is 2.13. The lowest BCUT2D eigenvalue weighted by molar-refractivity contribution is -0.146. The normalized spacial score (nSPS) is 19.9. The van der Waals surface area contributed by atoms with Gasteiger partial charge in [-0.2, -0.15) is 15.0 Å². The summed E-state index contributed by atoms with van der Waals surface area (Å²) in [5.74, 6) is 0.413. The Morgan fingerprint density at radius 3 is 2.67 bits per heavy atom. The van der Waals surface area contributed by atoms with Crippen LogP contribution in [0, 0.1) is 0 Å². The number of carbonyl (C=O) groups is 1. The third kappa shape index (κ3) is 2.65. The van der Waals surface area contributed by atoms with E-state index in [1.165, 1.54) is 7.11 Å². The van der Waals surface area contributed by atoms with E-state index in [4.69, 9.17) is 16.2 Å². The average Bonchev–Trinajstić information content (AvgIpc) is 2.74. The summed E-state index contributed by atoms with van der Waals surface area (Å²) in [7, 11) is 1.39. The van der Waals surface area contributed by atoms with Crippen LogP contribution in [0.4, 0.5) is 11.9 Å². The van der Waals surface area contributed by atoms with Gasteiger partial charge >= 0.3 is 5.97 Å². The maximum atomic E-state index is 11.6. The van der Waals surface area contributed by atoms with Crippen molar-refractivity contribution >= 4 is 17.9 Å². The van der Waals surface area contributed by atoms with Crippen LogP contribution in [0.2, 0.25) is 0 Å². The standard InChI is InChI=1S/C10H16N6O2/c1-18-8(17)6-3-2-4-16(6)5-7-13-9(11)15-10(12)14-7/h6H,2-5H2,1H3,(H4,11,12,13,14,15). The second-order valence-corrected chi connectivity index (χ2v) is 4.12. The molecule has 98 valence electrons. The van der Waals surface area contributed by atoms with E-state index in [0.717, 1.165) is 19.4 Å². The third-order valence-corrected chi connectivity index (χ3v) is 2.90. The number of likely N-dealkylation sites (tertiary alicyclic amines) is 1. The maximum Gasteiger partial charge on any atom is 0.323 e. The molecule has 4 N–H and O–H groups in total. The van der Waals surface area contributed by atoms with Gasteiger partial charge in [-0.1, -0.05) is 0 Å². The Labute approximate surface area is 104 Å². The molecule has 18 heavy (non-hydrogen) atoms. The van der Waals surface area contributed by atoms with Crippen LogP contribution in [0.3, 0.4) is 0 Å². The number of carbonyl (C=O) groups excluding carboxylic acids is 1. The van der Waals surface area contributed by atoms with E-state index in [-0.39, 0.29) is 23.9 Å². The number of methoxy groups -OCH3 is 1. The Hall–Kier alpha value is -1.96. The molecule has 0 bridgehead atoms. The molecule has 2 rings (SSSR count). The summed E-state index contributed by atoms with van der Waals surface area (Å²) in [4.78, 5) is 25.2. The van der Waals surface area contributed by atoms with Crippen molar-refractivity contribution in [2.45, 2.75) is 25.4 Å². The predicted molar refractivity (Wildman–Crippen MR) is 64.1 cm³/mol. The molecule has 1 aromatic rings. The predicted octanol–water partition coefficient (Wildman–Crippen LogP) is -0.827. The first-order valence-corrected chi connectivity index (χ1v) is 5.68. The molecule has 1 fully saturated rings. The number of hydrogen-bond acceptors (Lipinski definition) is 8. The minimum atomic E-state index is -0.241. The van der Waals surface area contributed by atoms with Gasteiger partial charge in [0.05, 0.1) is 13.7 Å². The number of nitrogens with two attached hydrogens (primary N) is 2. The number of anilines is 2. The van der Waals surface area contributed by atoms with Crippen molar-refractivity contribution < 1.29 is 9.53 Å². The fraction of sp³-hybridized carbons (Fsp3) is 0.600. The highest BCUT2D eigenvalue weighted by atomic mass is 16.5. The number of rotatable bonds is 3. The summed E-state index contributed by atoms with van der Waals surface area (Å²) in [5.41, 5.74) is 11.0. The Kier molecular flexibility index (Phi) is 3.56. The minimum absolute atomic E-state index is 0.0892. The van der Waals surface area contributed by atoms with Gasteiger partial charge < -0.3 is 16.2 Å². The molecule has 0 aliphatic carbocycles. The topological polar surface area (TPSA) is 120 Å². The van der Waals surface area contributed by atoms with E-state index >= 15 is 0 Å². The molecule has 0 saturated carbocycles. The molecule has 8 nitrogen and oxygen atoms in total. The van der Waals surface area contributed by atoms with E-state index in [9.17, 15) is 4.79 Å². The zero-order chi connectivity index (χ0) is 13.1. The number of nitrogen functional groups attached to an aromatic ring is 2. The Balaban J connectivity index is 2.10. The maximum absolute atomic E-state index is 11.6. The van der Waals surface area contributed by atoms with Crippen LogP contribution in [0.5, 0.6) is 0 Å². The number of hydrogen-bond donors (Lipinski definition) is 2. The Bertz CT molecular complexity index is 432. The fourth-order valence-corrected chi connectivity index (χ4v) is 2.13. The summed E-state index contributed by atoms with van der Waals surface area (Å²) in [6.45, 7) is 1.21. The largest absolute Gasteiger partial charge is 0.468 e. The second-order valence-electron chi connectivity index (χ2n) is 4.12. The van der Waals surface area contributed by atoms with Gasteiger partial charge in [0.25, 0.3) is 0 Å². The molecule has 0 spiro atoms. The summed E-state index contributed by atoms with van der Waals surface area (Å²) < 4.78 is 4.77. The highest BCUT2D eigenvalue weighted by Crippen LogP contribution is 2.20. The van der Waals surface area contributed by atoms with Gasteiger partial charge in [-0.05, 0) is 19.4 Å². The van der Waals surface area contributed by atoms with Crippen molar-refractivity contribution in [1.29, 1.82) is 0 Å². The van der Waals surface area contributed by atoms with Gasteiger partial charge in [0.15, 0.2) is 0 Å². The summed E-state index contributed by atoms with van der Waals surface area (Å²) in [6, 6.07) is -0.241. The van der Waals surface area contributed by atoms with Gasteiger partial charge in [-0.3, -0.25) is 9.69 Å². The third-order valence-electron chi connectivity index (χ3n) is 2.90. The highest BCUT2D eigenvalue weighted by Gasteiger charge is 2.31. The lowest BCUT2D eigenvalue weighted by atomic mass is 10.2. The van der Waals surface area contributed by atoms with E-state index in [0.29, 0.717) is 12.4 Å². The molecule has 1 aliphatic heterocycles. The summed E-state index contributed by atoms with van der Waals surface area (Å²) in [6.07, 6.45) is 1.72. The summed E-state index contributed by atoms with van der Waals surface area (Å²) in [5, 5.41) is 0. The zero-order valence-corrected chi connectivity index (χ0v) is 10.2. The molecule has 0 radical (unpaired) electrons. The molecule has 1 aromatic heterocycles. The highest BCUT2D eigenvalue weighted by molar-refractivity contribution is 5.75. The van der Waals surface area contributed by atoms with Crippen LogP contribution in [0.25, 0.3) is 0 Å². The number of ether oxygens (including phenoxy) is 1. The second kappa shape index (κ2) is 5.13. The number of aromatic nitrogens is 3. The monoisotopic (exact) mass is 252 g/mol. The van der Waals surface area contributed by atoms with E-state index in [1.807, 2.05) is 4.90 Å². The molecule has 2 heterocycles. The molecular formula is C10H16N6O2. The lowest BCUT2D eigenvalue weighted by Crippen LogP contribution is -2.36. The van der Waals surface area contributed by atoms with Crippen LogP contribution >= 0.6 is 0 Å². The van der Waals surface area contributed by atoms with Crippen molar-refractivity contribution in [2.24, 2.45) is 0 Å². The van der Waals surface area contributed by atoms with E-state index in [2.05, 4.69) is 15.0 Å². The van der Waals surface area contributed by atoms with Crippen LogP contribution in [0.15, 0.2) is 0 Å². The molecular weight excluding hydrogens is 236 g/mol. The van der Waals surface area contributed by atoms with E-state index in [1.54, 1.807) is 0 Å². The molecule has 1 unspecified atom stereocenters. The summed E-state index contributed by atoms with van der Waals surface area (Å²) >= 11 is 0. The molecule has 1 atom stereocenters. The zero-order valence-electron chi connectivity index (χ0n) is 10.2. The van der Waals surface area contributed by atoms with Crippen molar-refractivity contribution in [2.75, 3.05) is 25.1 Å². The van der Waals surface area contributed by atoms with E-state index < -0.39 is 0 Å². The van der Waals surface area contributed by atoms with Crippen LogP contribution in [0.1, 0.15) is 18.7 Å². The Morgan fingerprint density at radius 2 is 2.06 bits per heavy atom. The van der Waals surface area contributed by atoms with Gasteiger partial charge in [-0.25, -0.2) is 0 Å². The number of nitrogens with zero attached hydrogens (tertiary/aromatic N) is 4. The van der Waals surface area contributed by atoms with Crippen LogP contribution in [-0.4, -0.2) is 45.5 Å². The average molecular weight is 252 g/mol. The van der Waals surface area contributed by atoms with Gasteiger partial charge in [0.1, 0.15) is 11.9 Å². The molecule has 1 saturated heterocycles. The van der Waals surface area contributed by atoms with Gasteiger partial charge in [-0.15, -0.1) is 0 Å². The molecule has 0 aromatic carbocycles. The van der Waals surface area contributed by atoms with Gasteiger partial charge in [0.2, 0.25) is 11.9 Å².